The SMILES string of the molecule is C=C(C#CC1(O)CCOCC1)CCC(=O)OC. The minimum Gasteiger partial charge on any atom is -0.469 e. The molecule has 1 N–H and O–H groups in total. The molecule has 0 aliphatic carbocycles. The van der Waals surface area contributed by atoms with E-state index in [-0.39, 0.29) is 12.4 Å². The Morgan fingerprint density at radius 1 is 1.47 bits per heavy atom. The van der Waals surface area contributed by atoms with E-state index in [0.717, 1.165) is 0 Å². The Balaban J connectivity index is 2.42. The third-order valence-corrected chi connectivity index (χ3v) is 2.65. The Kier molecular flexibility index (Phi) is 5.20. The van der Waals surface area contributed by atoms with Gasteiger partial charge in [0.1, 0.15) is 5.60 Å². The fourth-order valence-corrected chi connectivity index (χ4v) is 1.46. The maximum atomic E-state index is 10.9. The first kappa shape index (κ1) is 13.8. The van der Waals surface area contributed by atoms with Gasteiger partial charge < -0.3 is 14.6 Å². The summed E-state index contributed by atoms with van der Waals surface area (Å²) < 4.78 is 9.67. The smallest absolute Gasteiger partial charge is 0.305 e. The van der Waals surface area contributed by atoms with Crippen LogP contribution in [0.2, 0.25) is 0 Å². The number of methoxy groups -OCH3 is 1. The molecular weight excluding hydrogens is 220 g/mol. The molecule has 1 heterocycles. The monoisotopic (exact) mass is 238 g/mol. The van der Waals surface area contributed by atoms with E-state index in [1.54, 1.807) is 0 Å². The van der Waals surface area contributed by atoms with E-state index in [9.17, 15) is 9.90 Å². The van der Waals surface area contributed by atoms with Gasteiger partial charge in [-0.25, -0.2) is 0 Å². The lowest BCUT2D eigenvalue weighted by atomic mass is 9.94. The third kappa shape index (κ3) is 5.03. The first-order valence-electron chi connectivity index (χ1n) is 5.64. The molecule has 0 aromatic heterocycles. The van der Waals surface area contributed by atoms with Crippen LogP contribution in [0.5, 0.6) is 0 Å². The van der Waals surface area contributed by atoms with Gasteiger partial charge in [-0.05, 0) is 12.0 Å². The summed E-state index contributed by atoms with van der Waals surface area (Å²) in [6.45, 7) is 4.81. The lowest BCUT2D eigenvalue weighted by Gasteiger charge is -2.26. The molecule has 4 nitrogen and oxygen atoms in total. The molecule has 0 atom stereocenters. The Morgan fingerprint density at radius 3 is 2.71 bits per heavy atom. The van der Waals surface area contributed by atoms with Crippen LogP contribution in [0.4, 0.5) is 0 Å². The Labute approximate surface area is 102 Å². The molecule has 0 aromatic carbocycles. The van der Waals surface area contributed by atoms with E-state index >= 15 is 0 Å². The fourth-order valence-electron chi connectivity index (χ4n) is 1.46. The molecule has 1 fully saturated rings. The summed E-state index contributed by atoms with van der Waals surface area (Å²) in [5.41, 5.74) is -0.331. The summed E-state index contributed by atoms with van der Waals surface area (Å²) in [7, 11) is 1.35. The van der Waals surface area contributed by atoms with Crippen LogP contribution in [0, 0.1) is 11.8 Å². The molecule has 0 spiro atoms. The van der Waals surface area contributed by atoms with E-state index in [4.69, 9.17) is 4.74 Å². The van der Waals surface area contributed by atoms with Gasteiger partial charge in [0.05, 0.1) is 26.7 Å². The summed E-state index contributed by atoms with van der Waals surface area (Å²) in [5, 5.41) is 10.1. The summed E-state index contributed by atoms with van der Waals surface area (Å²) in [4.78, 5) is 10.9. The standard InChI is InChI=1S/C13H18O4/c1-11(3-4-12(14)16-2)5-6-13(15)7-9-17-10-8-13/h15H,1,3-4,7-10H2,2H3. The van der Waals surface area contributed by atoms with Crippen molar-refractivity contribution in [2.75, 3.05) is 20.3 Å². The third-order valence-electron chi connectivity index (χ3n) is 2.65. The van der Waals surface area contributed by atoms with E-state index in [0.29, 0.717) is 38.0 Å². The molecule has 0 radical (unpaired) electrons. The predicted molar refractivity (Wildman–Crippen MR) is 63.2 cm³/mol. The molecule has 0 amide bonds. The largest absolute Gasteiger partial charge is 0.469 e. The normalized spacial score (nSPS) is 17.8. The van der Waals surface area contributed by atoms with E-state index in [1.165, 1.54) is 7.11 Å². The van der Waals surface area contributed by atoms with Crippen molar-refractivity contribution in [1.29, 1.82) is 0 Å². The Hall–Kier alpha value is -1.31. The quantitative estimate of drug-likeness (QED) is 0.589. The van der Waals surface area contributed by atoms with E-state index in [2.05, 4.69) is 23.2 Å². The van der Waals surface area contributed by atoms with Gasteiger partial charge in [0.2, 0.25) is 0 Å². The van der Waals surface area contributed by atoms with Crippen molar-refractivity contribution in [2.45, 2.75) is 31.3 Å². The van der Waals surface area contributed by atoms with Crippen molar-refractivity contribution in [1.82, 2.24) is 0 Å². The second-order valence-electron chi connectivity index (χ2n) is 4.07. The molecule has 94 valence electrons. The van der Waals surface area contributed by atoms with Crippen LogP contribution in [0.25, 0.3) is 0 Å². The van der Waals surface area contributed by atoms with Crippen LogP contribution in [0.1, 0.15) is 25.7 Å². The summed E-state index contributed by atoms with van der Waals surface area (Å²) >= 11 is 0. The molecule has 1 aliphatic heterocycles. The van der Waals surface area contributed by atoms with E-state index < -0.39 is 5.60 Å². The number of ether oxygens (including phenoxy) is 2. The van der Waals surface area contributed by atoms with Crippen molar-refractivity contribution >= 4 is 5.97 Å². The van der Waals surface area contributed by atoms with Crippen LogP contribution in [-0.2, 0) is 14.3 Å². The Morgan fingerprint density at radius 2 is 2.12 bits per heavy atom. The van der Waals surface area contributed by atoms with Crippen molar-refractivity contribution in [3.05, 3.63) is 12.2 Å². The second-order valence-corrected chi connectivity index (χ2v) is 4.07. The van der Waals surface area contributed by atoms with Crippen LogP contribution < -0.4 is 0 Å². The zero-order valence-electron chi connectivity index (χ0n) is 10.1. The van der Waals surface area contributed by atoms with Gasteiger partial charge in [0.25, 0.3) is 0 Å². The minimum atomic E-state index is -0.966. The number of rotatable bonds is 3. The molecule has 0 aromatic rings. The van der Waals surface area contributed by atoms with Crippen molar-refractivity contribution < 1.29 is 19.4 Å². The highest BCUT2D eigenvalue weighted by atomic mass is 16.5. The van der Waals surface area contributed by atoms with Crippen molar-refractivity contribution in [3.8, 4) is 11.8 Å². The average Bonchev–Trinajstić information content (AvgIpc) is 2.34. The maximum Gasteiger partial charge on any atom is 0.305 e. The lowest BCUT2D eigenvalue weighted by molar-refractivity contribution is -0.140. The highest BCUT2D eigenvalue weighted by molar-refractivity contribution is 5.69. The molecule has 17 heavy (non-hydrogen) atoms. The number of carbonyl (C=O) groups excluding carboxylic acids is 1. The summed E-state index contributed by atoms with van der Waals surface area (Å²) in [6.07, 6.45) is 1.77. The van der Waals surface area contributed by atoms with Gasteiger partial charge in [-0.3, -0.25) is 4.79 Å². The van der Waals surface area contributed by atoms with Gasteiger partial charge >= 0.3 is 5.97 Å². The van der Waals surface area contributed by atoms with Crippen LogP contribution in [-0.4, -0.2) is 37.0 Å². The van der Waals surface area contributed by atoms with Gasteiger partial charge in [0, 0.05) is 12.8 Å². The molecule has 0 bridgehead atoms. The van der Waals surface area contributed by atoms with E-state index in [1.807, 2.05) is 0 Å². The minimum absolute atomic E-state index is 0.269. The zero-order chi connectivity index (χ0) is 12.7. The highest BCUT2D eigenvalue weighted by Gasteiger charge is 2.27. The average molecular weight is 238 g/mol. The van der Waals surface area contributed by atoms with Crippen molar-refractivity contribution in [2.24, 2.45) is 0 Å². The fraction of sp³-hybridized carbons (Fsp3) is 0.615. The number of hydrogen-bond donors (Lipinski definition) is 1. The zero-order valence-corrected chi connectivity index (χ0v) is 10.1. The number of hydrogen-bond acceptors (Lipinski definition) is 4. The topological polar surface area (TPSA) is 55.8 Å². The molecule has 4 heteroatoms. The molecule has 0 unspecified atom stereocenters. The second kappa shape index (κ2) is 6.43. The number of allylic oxidation sites excluding steroid dienone is 1. The van der Waals surface area contributed by atoms with Gasteiger partial charge in [0.15, 0.2) is 0 Å². The molecular formula is C13H18O4. The summed E-state index contributed by atoms with van der Waals surface area (Å²) in [5.74, 6) is 5.35. The van der Waals surface area contributed by atoms with Crippen LogP contribution in [0.15, 0.2) is 12.2 Å². The van der Waals surface area contributed by atoms with Gasteiger partial charge in [-0.1, -0.05) is 18.4 Å². The Bertz CT molecular complexity index is 342. The van der Waals surface area contributed by atoms with Gasteiger partial charge in [-0.2, -0.15) is 0 Å². The first-order valence-corrected chi connectivity index (χ1v) is 5.64. The first-order chi connectivity index (χ1) is 8.06. The van der Waals surface area contributed by atoms with Crippen LogP contribution in [0.3, 0.4) is 0 Å². The molecule has 1 aliphatic rings. The highest BCUT2D eigenvalue weighted by Crippen LogP contribution is 2.19. The molecule has 1 rings (SSSR count). The number of aliphatic hydroxyl groups is 1. The number of esters is 1. The molecule has 1 saturated heterocycles. The maximum absolute atomic E-state index is 10.9. The summed E-state index contributed by atoms with van der Waals surface area (Å²) in [6, 6.07) is 0. The molecule has 0 saturated carbocycles. The predicted octanol–water partition coefficient (Wildman–Crippen LogP) is 1.04. The van der Waals surface area contributed by atoms with Crippen molar-refractivity contribution in [3.63, 3.8) is 0 Å². The van der Waals surface area contributed by atoms with Crippen LogP contribution >= 0.6 is 0 Å². The lowest BCUT2D eigenvalue weighted by Crippen LogP contribution is -2.34. The van der Waals surface area contributed by atoms with Gasteiger partial charge in [-0.15, -0.1) is 0 Å². The number of carbonyl (C=O) groups is 1.